The number of aryl methyl sites for hydroxylation is 3. The third-order valence-electron chi connectivity index (χ3n) is 3.70. The van der Waals surface area contributed by atoms with Crippen LogP contribution in [0, 0.1) is 6.92 Å². The Kier molecular flexibility index (Phi) is 4.44. The highest BCUT2D eigenvalue weighted by atomic mass is 32.1. The highest BCUT2D eigenvalue weighted by Crippen LogP contribution is 2.14. The van der Waals surface area contributed by atoms with Gasteiger partial charge in [-0.2, -0.15) is 0 Å². The van der Waals surface area contributed by atoms with Crippen molar-refractivity contribution in [2.24, 2.45) is 0 Å². The summed E-state index contributed by atoms with van der Waals surface area (Å²) in [7, 11) is 0. The first kappa shape index (κ1) is 13.7. The second-order valence-electron chi connectivity index (χ2n) is 5.04. The highest BCUT2D eigenvalue weighted by molar-refractivity contribution is 7.09. The van der Waals surface area contributed by atoms with Gasteiger partial charge in [-0.1, -0.05) is 0 Å². The third kappa shape index (κ3) is 3.26. The van der Waals surface area contributed by atoms with Crippen LogP contribution >= 0.6 is 11.3 Å². The smallest absolute Gasteiger partial charge is 0.122 e. The quantitative estimate of drug-likeness (QED) is 0.841. The van der Waals surface area contributed by atoms with Crippen LogP contribution in [0.15, 0.2) is 17.9 Å². The summed E-state index contributed by atoms with van der Waals surface area (Å²) in [5.41, 5.74) is 3.08. The van der Waals surface area contributed by atoms with E-state index in [9.17, 15) is 0 Å². The van der Waals surface area contributed by atoms with Crippen LogP contribution in [-0.4, -0.2) is 45.7 Å². The number of rotatable bonds is 5. The van der Waals surface area contributed by atoms with Gasteiger partial charge in [-0.25, -0.2) is 9.97 Å². The normalized spacial score (nSPS) is 16.6. The van der Waals surface area contributed by atoms with Gasteiger partial charge in [-0.15, -0.1) is 11.3 Å². The van der Waals surface area contributed by atoms with E-state index >= 15 is 0 Å². The molecule has 0 amide bonds. The Balaban J connectivity index is 1.60. The fraction of sp³-hybridized carbons (Fsp3) is 0.571. The molecule has 0 unspecified atom stereocenters. The van der Waals surface area contributed by atoms with Crippen molar-refractivity contribution < 1.29 is 4.74 Å². The summed E-state index contributed by atoms with van der Waals surface area (Å²) in [5.74, 6) is 1.15. The van der Waals surface area contributed by atoms with Gasteiger partial charge >= 0.3 is 0 Å². The SMILES string of the molecule is Cc1ncsc1CCn1ccnc1CN1CCOCC1. The van der Waals surface area contributed by atoms with Crippen molar-refractivity contribution in [1.82, 2.24) is 19.4 Å². The molecule has 2 aromatic rings. The molecule has 20 heavy (non-hydrogen) atoms. The minimum absolute atomic E-state index is 0.834. The minimum Gasteiger partial charge on any atom is -0.379 e. The summed E-state index contributed by atoms with van der Waals surface area (Å²) in [6, 6.07) is 0. The monoisotopic (exact) mass is 292 g/mol. The van der Waals surface area contributed by atoms with E-state index in [1.54, 1.807) is 11.3 Å². The number of thiazole rings is 1. The Morgan fingerprint density at radius 1 is 1.30 bits per heavy atom. The van der Waals surface area contributed by atoms with Crippen molar-refractivity contribution in [3.8, 4) is 0 Å². The molecule has 0 aliphatic carbocycles. The van der Waals surface area contributed by atoms with Crippen molar-refractivity contribution in [3.63, 3.8) is 0 Å². The molecule has 0 spiro atoms. The zero-order valence-corrected chi connectivity index (χ0v) is 12.6. The zero-order chi connectivity index (χ0) is 13.8. The van der Waals surface area contributed by atoms with E-state index < -0.39 is 0 Å². The Bertz CT molecular complexity index is 545. The number of ether oxygens (including phenoxy) is 1. The molecule has 1 saturated heterocycles. The van der Waals surface area contributed by atoms with Crippen LogP contribution in [0.2, 0.25) is 0 Å². The van der Waals surface area contributed by atoms with E-state index in [4.69, 9.17) is 4.74 Å². The topological polar surface area (TPSA) is 43.2 Å². The Morgan fingerprint density at radius 3 is 2.90 bits per heavy atom. The predicted molar refractivity (Wildman–Crippen MR) is 78.9 cm³/mol. The molecule has 0 radical (unpaired) electrons. The average Bonchev–Trinajstić information content (AvgIpc) is 3.07. The van der Waals surface area contributed by atoms with Gasteiger partial charge in [0.15, 0.2) is 0 Å². The van der Waals surface area contributed by atoms with Crippen LogP contribution < -0.4 is 0 Å². The average molecular weight is 292 g/mol. The van der Waals surface area contributed by atoms with Crippen molar-refractivity contribution in [1.29, 1.82) is 0 Å². The number of hydrogen-bond acceptors (Lipinski definition) is 5. The van der Waals surface area contributed by atoms with Crippen LogP contribution in [0.5, 0.6) is 0 Å². The van der Waals surface area contributed by atoms with Gasteiger partial charge in [0.2, 0.25) is 0 Å². The van der Waals surface area contributed by atoms with E-state index in [0.717, 1.165) is 57.3 Å². The predicted octanol–water partition coefficient (Wildman–Crippen LogP) is 1.72. The molecule has 6 heteroatoms. The maximum Gasteiger partial charge on any atom is 0.122 e. The second kappa shape index (κ2) is 6.47. The molecule has 1 aliphatic rings. The third-order valence-corrected chi connectivity index (χ3v) is 4.69. The Hall–Kier alpha value is -1.24. The molecule has 3 heterocycles. The van der Waals surface area contributed by atoms with Gasteiger partial charge in [0.25, 0.3) is 0 Å². The first-order chi connectivity index (χ1) is 9.83. The Morgan fingerprint density at radius 2 is 2.15 bits per heavy atom. The summed E-state index contributed by atoms with van der Waals surface area (Å²) >= 11 is 1.74. The van der Waals surface area contributed by atoms with Crippen molar-refractivity contribution in [2.75, 3.05) is 26.3 Å². The fourth-order valence-corrected chi connectivity index (χ4v) is 3.21. The largest absolute Gasteiger partial charge is 0.379 e. The Labute approximate surface area is 123 Å². The van der Waals surface area contributed by atoms with Gasteiger partial charge < -0.3 is 9.30 Å². The standard InChI is InChI=1S/C14H20N4OS/c1-12-13(20-11-16-12)2-4-18-5-3-15-14(18)10-17-6-8-19-9-7-17/h3,5,11H,2,4,6-10H2,1H3. The number of imidazole rings is 1. The van der Waals surface area contributed by atoms with Crippen LogP contribution in [0.1, 0.15) is 16.4 Å². The summed E-state index contributed by atoms with van der Waals surface area (Å²) < 4.78 is 7.64. The number of morpholine rings is 1. The minimum atomic E-state index is 0.834. The molecular formula is C14H20N4OS. The molecule has 1 fully saturated rings. The fourth-order valence-electron chi connectivity index (χ4n) is 2.44. The lowest BCUT2D eigenvalue weighted by molar-refractivity contribution is 0.0326. The van der Waals surface area contributed by atoms with E-state index in [1.807, 2.05) is 11.7 Å². The summed E-state index contributed by atoms with van der Waals surface area (Å²) in [5, 5.41) is 0. The lowest BCUT2D eigenvalue weighted by atomic mass is 10.3. The second-order valence-corrected chi connectivity index (χ2v) is 5.98. The molecule has 2 aromatic heterocycles. The number of hydrogen-bond donors (Lipinski definition) is 0. The van der Waals surface area contributed by atoms with Gasteiger partial charge in [-0.05, 0) is 6.92 Å². The van der Waals surface area contributed by atoms with E-state index in [-0.39, 0.29) is 0 Å². The van der Waals surface area contributed by atoms with E-state index in [1.165, 1.54) is 4.88 Å². The lowest BCUT2D eigenvalue weighted by Gasteiger charge is -2.26. The van der Waals surface area contributed by atoms with Gasteiger partial charge in [-0.3, -0.25) is 4.90 Å². The molecular weight excluding hydrogens is 272 g/mol. The number of nitrogens with zero attached hydrogens (tertiary/aromatic N) is 4. The molecule has 108 valence electrons. The molecule has 5 nitrogen and oxygen atoms in total. The molecule has 3 rings (SSSR count). The van der Waals surface area contributed by atoms with Crippen LogP contribution in [0.3, 0.4) is 0 Å². The summed E-state index contributed by atoms with van der Waals surface area (Å²) in [6.45, 7) is 7.64. The van der Waals surface area contributed by atoms with Gasteiger partial charge in [0.05, 0.1) is 31.0 Å². The summed E-state index contributed by atoms with van der Waals surface area (Å²) in [6.07, 6.45) is 5.00. The highest BCUT2D eigenvalue weighted by Gasteiger charge is 2.13. The number of aromatic nitrogens is 3. The molecule has 0 atom stereocenters. The summed E-state index contributed by atoms with van der Waals surface area (Å²) in [4.78, 5) is 12.6. The maximum absolute atomic E-state index is 5.38. The molecule has 0 saturated carbocycles. The first-order valence-electron chi connectivity index (χ1n) is 7.02. The zero-order valence-electron chi connectivity index (χ0n) is 11.8. The van der Waals surface area contributed by atoms with Crippen molar-refractivity contribution in [3.05, 3.63) is 34.3 Å². The lowest BCUT2D eigenvalue weighted by Crippen LogP contribution is -2.36. The van der Waals surface area contributed by atoms with Gasteiger partial charge in [0.1, 0.15) is 5.82 Å². The van der Waals surface area contributed by atoms with E-state index in [0.29, 0.717) is 0 Å². The van der Waals surface area contributed by atoms with Crippen molar-refractivity contribution in [2.45, 2.75) is 26.4 Å². The first-order valence-corrected chi connectivity index (χ1v) is 7.90. The van der Waals surface area contributed by atoms with E-state index in [2.05, 4.69) is 32.6 Å². The van der Waals surface area contributed by atoms with Crippen molar-refractivity contribution >= 4 is 11.3 Å². The molecule has 1 aliphatic heterocycles. The van der Waals surface area contributed by atoms with Crippen LogP contribution in [0.25, 0.3) is 0 Å². The van der Waals surface area contributed by atoms with Crippen LogP contribution in [-0.2, 0) is 24.2 Å². The molecule has 0 bridgehead atoms. The maximum atomic E-state index is 5.38. The molecule has 0 N–H and O–H groups in total. The van der Waals surface area contributed by atoms with Crippen LogP contribution in [0.4, 0.5) is 0 Å². The molecule has 0 aromatic carbocycles. The van der Waals surface area contributed by atoms with Gasteiger partial charge in [0, 0.05) is 43.3 Å².